The molecule has 0 fully saturated rings. The summed E-state index contributed by atoms with van der Waals surface area (Å²) in [5.74, 6) is 0.826. The third-order valence-corrected chi connectivity index (χ3v) is 5.74. The first kappa shape index (κ1) is 17.7. The Labute approximate surface area is 154 Å². The molecule has 0 saturated heterocycles. The number of hydrogen-bond acceptors (Lipinski definition) is 4. The summed E-state index contributed by atoms with van der Waals surface area (Å²) in [5, 5.41) is 7.90. The number of thiazole rings is 1. The Bertz CT molecular complexity index is 724. The Morgan fingerprint density at radius 2 is 2.20 bits per heavy atom. The number of aromatic nitrogens is 1. The standard InChI is InChI=1S/C19H27N5S/c1-4-16-12-21-18(25-16)13-23-19(20-3)22-11-14(2)24-10-9-15-7-5-6-8-17(15)24/h5-8,12,14H,4,9-11,13H2,1-3H3,(H2,20,22,23). The number of guanidine groups is 1. The molecular formula is C19H27N5S. The zero-order chi connectivity index (χ0) is 17.6. The second-order valence-corrected chi connectivity index (χ2v) is 7.50. The van der Waals surface area contributed by atoms with Crippen LogP contribution < -0.4 is 15.5 Å². The first-order valence-electron chi connectivity index (χ1n) is 8.94. The van der Waals surface area contributed by atoms with Gasteiger partial charge in [-0.15, -0.1) is 11.3 Å². The van der Waals surface area contributed by atoms with Gasteiger partial charge in [-0.1, -0.05) is 25.1 Å². The van der Waals surface area contributed by atoms with Gasteiger partial charge in [0.15, 0.2) is 5.96 Å². The molecule has 1 aromatic heterocycles. The van der Waals surface area contributed by atoms with Crippen LogP contribution in [0.3, 0.4) is 0 Å². The van der Waals surface area contributed by atoms with Gasteiger partial charge >= 0.3 is 0 Å². The van der Waals surface area contributed by atoms with Crippen molar-refractivity contribution in [3.63, 3.8) is 0 Å². The van der Waals surface area contributed by atoms with Gasteiger partial charge in [0.25, 0.3) is 0 Å². The van der Waals surface area contributed by atoms with Crippen LogP contribution in [0, 0.1) is 0 Å². The zero-order valence-electron chi connectivity index (χ0n) is 15.2. The molecule has 25 heavy (non-hydrogen) atoms. The lowest BCUT2D eigenvalue weighted by Crippen LogP contribution is -2.45. The summed E-state index contributed by atoms with van der Waals surface area (Å²) in [6.45, 7) is 7.07. The molecule has 1 unspecified atom stereocenters. The second-order valence-electron chi connectivity index (χ2n) is 6.30. The van der Waals surface area contributed by atoms with Crippen LogP contribution in [-0.4, -0.2) is 37.1 Å². The highest BCUT2D eigenvalue weighted by Gasteiger charge is 2.22. The Morgan fingerprint density at radius 1 is 1.36 bits per heavy atom. The monoisotopic (exact) mass is 357 g/mol. The smallest absolute Gasteiger partial charge is 0.191 e. The summed E-state index contributed by atoms with van der Waals surface area (Å²) in [4.78, 5) is 12.6. The van der Waals surface area contributed by atoms with E-state index in [0.717, 1.165) is 36.9 Å². The van der Waals surface area contributed by atoms with Crippen molar-refractivity contribution in [3.05, 3.63) is 45.9 Å². The van der Waals surface area contributed by atoms with Crippen LogP contribution in [0.2, 0.25) is 0 Å². The lowest BCUT2D eigenvalue weighted by atomic mass is 10.2. The van der Waals surface area contributed by atoms with Gasteiger partial charge in [-0.25, -0.2) is 4.98 Å². The van der Waals surface area contributed by atoms with Crippen LogP contribution in [0.15, 0.2) is 35.5 Å². The van der Waals surface area contributed by atoms with Gasteiger partial charge in [0.05, 0.1) is 6.54 Å². The van der Waals surface area contributed by atoms with E-state index < -0.39 is 0 Å². The average molecular weight is 358 g/mol. The van der Waals surface area contributed by atoms with Crippen molar-refractivity contribution in [1.82, 2.24) is 15.6 Å². The maximum atomic E-state index is 4.44. The fraction of sp³-hybridized carbons (Fsp3) is 0.474. The minimum absolute atomic E-state index is 0.411. The van der Waals surface area contributed by atoms with Crippen molar-refractivity contribution in [2.24, 2.45) is 4.99 Å². The molecular weight excluding hydrogens is 330 g/mol. The Balaban J connectivity index is 1.49. The van der Waals surface area contributed by atoms with Gasteiger partial charge in [-0.05, 0) is 31.4 Å². The molecule has 1 aliphatic rings. The predicted molar refractivity (Wildman–Crippen MR) is 107 cm³/mol. The molecule has 0 aliphatic carbocycles. The number of hydrogen-bond donors (Lipinski definition) is 2. The molecule has 0 saturated carbocycles. The molecule has 134 valence electrons. The van der Waals surface area contributed by atoms with Gasteiger partial charge in [-0.2, -0.15) is 0 Å². The zero-order valence-corrected chi connectivity index (χ0v) is 16.1. The molecule has 6 heteroatoms. The maximum Gasteiger partial charge on any atom is 0.191 e. The van der Waals surface area contributed by atoms with Crippen molar-refractivity contribution in [3.8, 4) is 0 Å². The maximum absolute atomic E-state index is 4.44. The van der Waals surface area contributed by atoms with Gasteiger partial charge in [0.2, 0.25) is 0 Å². The van der Waals surface area contributed by atoms with Gasteiger partial charge in [0.1, 0.15) is 5.01 Å². The van der Waals surface area contributed by atoms with Gasteiger partial charge in [0, 0.05) is 42.9 Å². The summed E-state index contributed by atoms with van der Waals surface area (Å²) >= 11 is 1.76. The lowest BCUT2D eigenvalue weighted by Gasteiger charge is -2.28. The minimum Gasteiger partial charge on any atom is -0.366 e. The molecule has 5 nitrogen and oxygen atoms in total. The van der Waals surface area contributed by atoms with Gasteiger partial charge < -0.3 is 15.5 Å². The third kappa shape index (κ3) is 4.31. The van der Waals surface area contributed by atoms with Crippen LogP contribution in [0.25, 0.3) is 0 Å². The van der Waals surface area contributed by atoms with Crippen molar-refractivity contribution in [2.75, 3.05) is 25.0 Å². The first-order chi connectivity index (χ1) is 12.2. The van der Waals surface area contributed by atoms with E-state index in [1.807, 2.05) is 13.2 Å². The number of fused-ring (bicyclic) bond motifs is 1. The second kappa shape index (κ2) is 8.34. The van der Waals surface area contributed by atoms with Crippen LogP contribution in [0.5, 0.6) is 0 Å². The highest BCUT2D eigenvalue weighted by molar-refractivity contribution is 7.11. The minimum atomic E-state index is 0.411. The SMILES string of the molecule is CCc1cnc(CNC(=NC)NCC(C)N2CCc3ccccc32)s1. The molecule has 1 atom stereocenters. The van der Waals surface area contributed by atoms with Crippen molar-refractivity contribution >= 4 is 23.0 Å². The Kier molecular flexibility index (Phi) is 5.91. The largest absolute Gasteiger partial charge is 0.366 e. The van der Waals surface area contributed by atoms with E-state index >= 15 is 0 Å². The van der Waals surface area contributed by atoms with Crippen molar-refractivity contribution in [1.29, 1.82) is 0 Å². The van der Waals surface area contributed by atoms with Gasteiger partial charge in [-0.3, -0.25) is 4.99 Å². The third-order valence-electron chi connectivity index (χ3n) is 4.60. The fourth-order valence-corrected chi connectivity index (χ4v) is 3.95. The number of aliphatic imine (C=N–C) groups is 1. The summed E-state index contributed by atoms with van der Waals surface area (Å²) in [5.41, 5.74) is 2.82. The molecule has 2 aromatic rings. The van der Waals surface area contributed by atoms with Crippen molar-refractivity contribution in [2.45, 2.75) is 39.3 Å². The quantitative estimate of drug-likeness (QED) is 0.617. The van der Waals surface area contributed by atoms with Crippen LogP contribution in [0.4, 0.5) is 5.69 Å². The molecule has 1 aromatic carbocycles. The molecule has 0 bridgehead atoms. The van der Waals surface area contributed by atoms with E-state index in [9.17, 15) is 0 Å². The molecule has 0 spiro atoms. The topological polar surface area (TPSA) is 52.6 Å². The highest BCUT2D eigenvalue weighted by Crippen LogP contribution is 2.28. The van der Waals surface area contributed by atoms with E-state index in [2.05, 4.69) is 63.6 Å². The number of rotatable bonds is 6. The number of nitrogens with zero attached hydrogens (tertiary/aromatic N) is 3. The molecule has 3 rings (SSSR count). The number of benzene rings is 1. The molecule has 0 amide bonds. The van der Waals surface area contributed by atoms with E-state index in [4.69, 9.17) is 0 Å². The Hall–Kier alpha value is -2.08. The number of anilines is 1. The highest BCUT2D eigenvalue weighted by atomic mass is 32.1. The van der Waals surface area contributed by atoms with Crippen LogP contribution in [0.1, 0.15) is 29.3 Å². The number of aryl methyl sites for hydroxylation is 1. The Morgan fingerprint density at radius 3 is 2.96 bits per heavy atom. The van der Waals surface area contributed by atoms with E-state index in [1.54, 1.807) is 11.3 Å². The predicted octanol–water partition coefficient (Wildman–Crippen LogP) is 2.82. The van der Waals surface area contributed by atoms with Crippen LogP contribution >= 0.6 is 11.3 Å². The van der Waals surface area contributed by atoms with E-state index in [0.29, 0.717) is 12.6 Å². The molecule has 2 N–H and O–H groups in total. The van der Waals surface area contributed by atoms with Crippen LogP contribution in [-0.2, 0) is 19.4 Å². The molecule has 0 radical (unpaired) electrons. The van der Waals surface area contributed by atoms with Crippen molar-refractivity contribution < 1.29 is 0 Å². The first-order valence-corrected chi connectivity index (χ1v) is 9.75. The summed E-state index contributed by atoms with van der Waals surface area (Å²) < 4.78 is 0. The average Bonchev–Trinajstić information content (AvgIpc) is 3.28. The lowest BCUT2D eigenvalue weighted by molar-refractivity contribution is 0.625. The molecule has 1 aliphatic heterocycles. The van der Waals surface area contributed by atoms with E-state index in [1.165, 1.54) is 16.1 Å². The number of nitrogens with one attached hydrogen (secondary N) is 2. The summed E-state index contributed by atoms with van der Waals surface area (Å²) in [6.07, 6.45) is 4.14. The molecule has 2 heterocycles. The van der Waals surface area contributed by atoms with E-state index in [-0.39, 0.29) is 0 Å². The normalized spacial score (nSPS) is 15.2. The number of para-hydroxylation sites is 1. The summed E-state index contributed by atoms with van der Waals surface area (Å²) in [6, 6.07) is 9.11. The summed E-state index contributed by atoms with van der Waals surface area (Å²) in [7, 11) is 1.81. The fourth-order valence-electron chi connectivity index (χ4n) is 3.15.